The predicted molar refractivity (Wildman–Crippen MR) is 162 cm³/mol. The van der Waals surface area contributed by atoms with Gasteiger partial charge in [0.05, 0.1) is 22.3 Å². The lowest BCUT2D eigenvalue weighted by Gasteiger charge is -2.32. The number of sulfone groups is 1. The molecule has 2 amide bonds. The highest BCUT2D eigenvalue weighted by molar-refractivity contribution is 7.90. The smallest absolute Gasteiger partial charge is 0.274 e. The van der Waals surface area contributed by atoms with Crippen LogP contribution in [-0.2, 0) is 9.84 Å². The van der Waals surface area contributed by atoms with Gasteiger partial charge in [0, 0.05) is 50.0 Å². The van der Waals surface area contributed by atoms with Crippen molar-refractivity contribution in [2.45, 2.75) is 30.8 Å². The number of anilines is 1. The lowest BCUT2D eigenvalue weighted by molar-refractivity contribution is 0.0594. The fourth-order valence-electron chi connectivity index (χ4n) is 4.56. The van der Waals surface area contributed by atoms with Crippen molar-refractivity contribution in [1.82, 2.24) is 14.9 Å². The maximum atomic E-state index is 13.0. The summed E-state index contributed by atoms with van der Waals surface area (Å²) in [6.45, 7) is 2.47. The molecular weight excluding hydrogens is 584 g/mol. The molecule has 4 aromatic rings. The van der Waals surface area contributed by atoms with Gasteiger partial charge in [-0.2, -0.15) is 0 Å². The van der Waals surface area contributed by atoms with Gasteiger partial charge in [-0.15, -0.1) is 0 Å². The highest BCUT2D eigenvalue weighted by Gasteiger charge is 2.25. The molecular formula is C32H30N4O7S. The van der Waals surface area contributed by atoms with E-state index in [0.29, 0.717) is 60.1 Å². The zero-order chi connectivity index (χ0) is 31.3. The molecule has 1 fully saturated rings. The van der Waals surface area contributed by atoms with Crippen LogP contribution in [0.15, 0.2) is 90.1 Å². The van der Waals surface area contributed by atoms with E-state index in [0.717, 1.165) is 6.26 Å². The van der Waals surface area contributed by atoms with Gasteiger partial charge in [0.2, 0.25) is 5.88 Å². The van der Waals surface area contributed by atoms with Crippen LogP contribution in [0.3, 0.4) is 0 Å². The van der Waals surface area contributed by atoms with Crippen molar-refractivity contribution in [3.63, 3.8) is 0 Å². The number of likely N-dealkylation sites (tertiary alicyclic amines) is 1. The second-order valence-corrected chi connectivity index (χ2v) is 12.3. The van der Waals surface area contributed by atoms with E-state index >= 15 is 0 Å². The minimum absolute atomic E-state index is 0.0348. The number of pyridine rings is 2. The first-order valence-corrected chi connectivity index (χ1v) is 15.7. The average molecular weight is 615 g/mol. The number of benzene rings is 2. The quantitative estimate of drug-likeness (QED) is 0.263. The molecule has 226 valence electrons. The van der Waals surface area contributed by atoms with E-state index in [1.165, 1.54) is 37.5 Å². The Hall–Kier alpha value is -5.10. The third-order valence-corrected chi connectivity index (χ3v) is 8.13. The minimum atomic E-state index is -3.27. The Kier molecular flexibility index (Phi) is 9.00. The first-order valence-electron chi connectivity index (χ1n) is 13.8. The van der Waals surface area contributed by atoms with Crippen molar-refractivity contribution >= 4 is 33.1 Å². The molecule has 0 atom stereocenters. The Labute approximate surface area is 254 Å². The normalized spacial score (nSPS) is 13.6. The molecule has 12 heteroatoms. The fourth-order valence-corrected chi connectivity index (χ4v) is 5.19. The molecule has 3 heterocycles. The Morgan fingerprint density at radius 1 is 0.818 bits per heavy atom. The summed E-state index contributed by atoms with van der Waals surface area (Å²) in [6, 6.07) is 19.3. The van der Waals surface area contributed by atoms with E-state index in [-0.39, 0.29) is 28.4 Å². The van der Waals surface area contributed by atoms with Crippen molar-refractivity contribution in [1.29, 1.82) is 0 Å². The Morgan fingerprint density at radius 2 is 1.48 bits per heavy atom. The van der Waals surface area contributed by atoms with Gasteiger partial charge in [0.15, 0.2) is 15.6 Å². The van der Waals surface area contributed by atoms with Crippen molar-refractivity contribution in [3.05, 3.63) is 102 Å². The number of aromatic nitrogens is 2. The third-order valence-electron chi connectivity index (χ3n) is 7.00. The second-order valence-electron chi connectivity index (χ2n) is 10.3. The first kappa shape index (κ1) is 30.4. The van der Waals surface area contributed by atoms with Crippen LogP contribution in [0.5, 0.6) is 17.4 Å². The molecule has 0 bridgehead atoms. The number of carbonyl (C=O) groups is 3. The standard InChI is InChI=1S/C32H30N4O7S/c1-21(37)22-3-7-26(8-4-22)43-30-14-6-24(20-34-30)35-31(38)29-13-5-23(19-33-29)32(39)36-17-15-27(16-18-36)42-25-9-11-28(12-10-25)44(2,40)41/h3-14,19-20,27H,15-18H2,1-2H3,(H,35,38). The van der Waals surface area contributed by atoms with Crippen LogP contribution in [-0.4, -0.2) is 66.3 Å². The molecule has 0 saturated carbocycles. The highest BCUT2D eigenvalue weighted by Crippen LogP contribution is 2.23. The first-order chi connectivity index (χ1) is 21.0. The van der Waals surface area contributed by atoms with Crippen molar-refractivity contribution in [2.24, 2.45) is 0 Å². The molecule has 0 unspecified atom stereocenters. The molecule has 1 aliphatic rings. The second kappa shape index (κ2) is 13.0. The van der Waals surface area contributed by atoms with Crippen LogP contribution >= 0.6 is 0 Å². The van der Waals surface area contributed by atoms with E-state index in [9.17, 15) is 22.8 Å². The molecule has 0 aliphatic carbocycles. The zero-order valence-electron chi connectivity index (χ0n) is 24.1. The number of ketones is 1. The number of nitrogens with zero attached hydrogens (tertiary/aromatic N) is 3. The monoisotopic (exact) mass is 614 g/mol. The van der Waals surface area contributed by atoms with Gasteiger partial charge in [-0.05, 0) is 73.7 Å². The lowest BCUT2D eigenvalue weighted by Crippen LogP contribution is -2.41. The number of hydrogen-bond donors (Lipinski definition) is 1. The summed E-state index contributed by atoms with van der Waals surface area (Å²) < 4.78 is 34.9. The maximum Gasteiger partial charge on any atom is 0.274 e. The third kappa shape index (κ3) is 7.64. The van der Waals surface area contributed by atoms with Gasteiger partial charge in [0.25, 0.3) is 11.8 Å². The van der Waals surface area contributed by atoms with E-state index in [2.05, 4.69) is 15.3 Å². The maximum absolute atomic E-state index is 13.0. The van der Waals surface area contributed by atoms with E-state index in [1.54, 1.807) is 59.5 Å². The highest BCUT2D eigenvalue weighted by atomic mass is 32.2. The summed E-state index contributed by atoms with van der Waals surface area (Å²) in [7, 11) is -3.27. The Morgan fingerprint density at radius 3 is 2.05 bits per heavy atom. The van der Waals surface area contributed by atoms with Gasteiger partial charge in [0.1, 0.15) is 23.3 Å². The molecule has 5 rings (SSSR count). The summed E-state index contributed by atoms with van der Waals surface area (Å²) in [4.78, 5) is 47.5. The largest absolute Gasteiger partial charge is 0.490 e. The molecule has 44 heavy (non-hydrogen) atoms. The van der Waals surface area contributed by atoms with Crippen LogP contribution in [0.2, 0.25) is 0 Å². The SMILES string of the molecule is CC(=O)c1ccc(Oc2ccc(NC(=O)c3ccc(C(=O)N4CCC(Oc5ccc(S(C)(=O)=O)cc5)CC4)cn3)cn2)cc1. The number of nitrogens with one attached hydrogen (secondary N) is 1. The lowest BCUT2D eigenvalue weighted by atomic mass is 10.1. The predicted octanol–water partition coefficient (Wildman–Crippen LogP) is 4.81. The van der Waals surface area contributed by atoms with E-state index in [1.807, 2.05) is 0 Å². The molecule has 1 aliphatic heterocycles. The Balaban J connectivity index is 1.10. The van der Waals surface area contributed by atoms with Gasteiger partial charge in [-0.3, -0.25) is 19.4 Å². The number of Topliss-reactive ketones (excluding diaryl/α,β-unsaturated/α-hetero) is 1. The van der Waals surface area contributed by atoms with Crippen molar-refractivity contribution < 1.29 is 32.3 Å². The topological polar surface area (TPSA) is 145 Å². The van der Waals surface area contributed by atoms with E-state index in [4.69, 9.17) is 9.47 Å². The number of ether oxygens (including phenoxy) is 2. The van der Waals surface area contributed by atoms with Crippen molar-refractivity contribution in [2.75, 3.05) is 24.7 Å². The van der Waals surface area contributed by atoms with Crippen LogP contribution in [0.1, 0.15) is 51.0 Å². The summed E-state index contributed by atoms with van der Waals surface area (Å²) in [5, 5.41) is 2.72. The van der Waals surface area contributed by atoms with Crippen LogP contribution < -0.4 is 14.8 Å². The molecule has 0 spiro atoms. The number of piperidine rings is 1. The number of rotatable bonds is 9. The number of hydrogen-bond acceptors (Lipinski definition) is 9. The zero-order valence-corrected chi connectivity index (χ0v) is 24.9. The van der Waals surface area contributed by atoms with Gasteiger partial charge < -0.3 is 19.7 Å². The van der Waals surface area contributed by atoms with Crippen LogP contribution in [0, 0.1) is 0 Å². The summed E-state index contributed by atoms with van der Waals surface area (Å²) in [5.41, 5.74) is 1.53. The molecule has 2 aromatic heterocycles. The molecule has 2 aromatic carbocycles. The van der Waals surface area contributed by atoms with Crippen LogP contribution in [0.25, 0.3) is 0 Å². The van der Waals surface area contributed by atoms with Crippen LogP contribution in [0.4, 0.5) is 5.69 Å². The summed E-state index contributed by atoms with van der Waals surface area (Å²) in [5.74, 6) is 0.746. The van der Waals surface area contributed by atoms with Gasteiger partial charge in [-0.1, -0.05) is 0 Å². The average Bonchev–Trinajstić information content (AvgIpc) is 3.02. The Bertz CT molecular complexity index is 1750. The van der Waals surface area contributed by atoms with Gasteiger partial charge in [-0.25, -0.2) is 13.4 Å². The molecule has 0 radical (unpaired) electrons. The molecule has 11 nitrogen and oxygen atoms in total. The molecule has 1 N–H and O–H groups in total. The van der Waals surface area contributed by atoms with Gasteiger partial charge >= 0.3 is 0 Å². The molecule has 1 saturated heterocycles. The summed E-state index contributed by atoms with van der Waals surface area (Å²) in [6.07, 6.45) is 5.14. The summed E-state index contributed by atoms with van der Waals surface area (Å²) >= 11 is 0. The van der Waals surface area contributed by atoms with E-state index < -0.39 is 15.7 Å². The van der Waals surface area contributed by atoms with Crippen molar-refractivity contribution in [3.8, 4) is 17.4 Å². The number of carbonyl (C=O) groups excluding carboxylic acids is 3. The fraction of sp³-hybridized carbons (Fsp3) is 0.219. The minimum Gasteiger partial charge on any atom is -0.490 e. The number of amides is 2.